The molecular weight excluding hydrogens is 325 g/mol. The number of rotatable bonds is 4. The van der Waals surface area contributed by atoms with E-state index in [1.807, 2.05) is 13.0 Å². The van der Waals surface area contributed by atoms with Gasteiger partial charge >= 0.3 is 5.97 Å². The van der Waals surface area contributed by atoms with Crippen molar-refractivity contribution in [2.24, 2.45) is 0 Å². The van der Waals surface area contributed by atoms with Crippen LogP contribution >= 0.6 is 0 Å². The first-order chi connectivity index (χ1) is 12.0. The molecule has 0 atom stereocenters. The molecule has 25 heavy (non-hydrogen) atoms. The first-order valence-electron chi connectivity index (χ1n) is 7.41. The molecule has 0 bridgehead atoms. The van der Waals surface area contributed by atoms with Crippen molar-refractivity contribution in [2.75, 3.05) is 5.32 Å². The smallest absolute Gasteiger partial charge is 0.356 e. The second-order valence-corrected chi connectivity index (χ2v) is 5.46. The van der Waals surface area contributed by atoms with Crippen molar-refractivity contribution in [1.82, 2.24) is 10.2 Å². The predicted molar refractivity (Wildman–Crippen MR) is 90.1 cm³/mol. The second-order valence-electron chi connectivity index (χ2n) is 5.46. The van der Waals surface area contributed by atoms with E-state index in [2.05, 4.69) is 15.5 Å². The van der Waals surface area contributed by atoms with E-state index in [-0.39, 0.29) is 17.1 Å². The molecule has 0 fully saturated rings. The van der Waals surface area contributed by atoms with Crippen LogP contribution in [-0.2, 0) is 0 Å². The zero-order valence-electron chi connectivity index (χ0n) is 13.2. The molecular formula is C18H14FN3O3. The first-order valence-corrected chi connectivity index (χ1v) is 7.41. The Hall–Kier alpha value is -3.48. The van der Waals surface area contributed by atoms with Crippen LogP contribution in [-0.4, -0.2) is 27.2 Å². The van der Waals surface area contributed by atoms with Gasteiger partial charge in [-0.2, -0.15) is 5.10 Å². The number of aromatic carboxylic acids is 1. The number of carboxylic acids is 1. The SMILES string of the molecule is Cc1cccc(C(=O)Nc2c(-c3ccc(F)cc3)n[nH]c2C(=O)O)c1. The number of H-pyrrole nitrogens is 1. The van der Waals surface area contributed by atoms with E-state index in [1.54, 1.807) is 18.2 Å². The van der Waals surface area contributed by atoms with Crippen LogP contribution in [0.15, 0.2) is 48.5 Å². The van der Waals surface area contributed by atoms with E-state index in [4.69, 9.17) is 0 Å². The molecule has 0 aliphatic carbocycles. The summed E-state index contributed by atoms with van der Waals surface area (Å²) in [6, 6.07) is 12.3. The highest BCUT2D eigenvalue weighted by Crippen LogP contribution is 2.29. The van der Waals surface area contributed by atoms with Gasteiger partial charge in [0.1, 0.15) is 17.2 Å². The van der Waals surface area contributed by atoms with E-state index in [0.717, 1.165) is 5.56 Å². The van der Waals surface area contributed by atoms with Crippen molar-refractivity contribution in [3.63, 3.8) is 0 Å². The molecule has 7 heteroatoms. The standard InChI is InChI=1S/C18H14FN3O3/c1-10-3-2-4-12(9-10)17(23)20-15-14(21-22-16(15)18(24)25)11-5-7-13(19)8-6-11/h2-9H,1H3,(H,20,23)(H,21,22)(H,24,25). The fourth-order valence-electron chi connectivity index (χ4n) is 2.41. The number of halogens is 1. The highest BCUT2D eigenvalue weighted by atomic mass is 19.1. The van der Waals surface area contributed by atoms with Crippen molar-refractivity contribution in [1.29, 1.82) is 0 Å². The summed E-state index contributed by atoms with van der Waals surface area (Å²) in [5.74, 6) is -2.15. The van der Waals surface area contributed by atoms with Gasteiger partial charge in [-0.05, 0) is 43.3 Å². The number of anilines is 1. The van der Waals surface area contributed by atoms with Crippen LogP contribution in [0.3, 0.4) is 0 Å². The maximum Gasteiger partial charge on any atom is 0.356 e. The van der Waals surface area contributed by atoms with E-state index in [1.165, 1.54) is 24.3 Å². The third kappa shape index (κ3) is 3.40. The number of hydrogen-bond acceptors (Lipinski definition) is 3. The van der Waals surface area contributed by atoms with E-state index >= 15 is 0 Å². The lowest BCUT2D eigenvalue weighted by Crippen LogP contribution is -2.14. The van der Waals surface area contributed by atoms with Crippen molar-refractivity contribution in [2.45, 2.75) is 6.92 Å². The average Bonchev–Trinajstić information content (AvgIpc) is 2.99. The lowest BCUT2D eigenvalue weighted by molar-refractivity contribution is 0.0691. The maximum atomic E-state index is 13.1. The molecule has 6 nitrogen and oxygen atoms in total. The largest absolute Gasteiger partial charge is 0.476 e. The lowest BCUT2D eigenvalue weighted by Gasteiger charge is -2.08. The summed E-state index contributed by atoms with van der Waals surface area (Å²) in [4.78, 5) is 23.9. The number of amides is 1. The second kappa shape index (κ2) is 6.56. The topological polar surface area (TPSA) is 95.1 Å². The highest BCUT2D eigenvalue weighted by molar-refractivity contribution is 6.09. The number of carbonyl (C=O) groups excluding carboxylic acids is 1. The van der Waals surface area contributed by atoms with Gasteiger partial charge in [0.2, 0.25) is 0 Å². The molecule has 1 heterocycles. The van der Waals surface area contributed by atoms with Crippen molar-refractivity contribution >= 4 is 17.6 Å². The summed E-state index contributed by atoms with van der Waals surface area (Å²) in [7, 11) is 0. The number of aromatic nitrogens is 2. The van der Waals surface area contributed by atoms with Crippen molar-refractivity contribution in [3.8, 4) is 11.3 Å². The molecule has 126 valence electrons. The Balaban J connectivity index is 2.01. The lowest BCUT2D eigenvalue weighted by atomic mass is 10.1. The number of nitrogens with zero attached hydrogens (tertiary/aromatic N) is 1. The van der Waals surface area contributed by atoms with Crippen LogP contribution in [0.5, 0.6) is 0 Å². The highest BCUT2D eigenvalue weighted by Gasteiger charge is 2.22. The number of hydrogen-bond donors (Lipinski definition) is 3. The molecule has 0 saturated heterocycles. The molecule has 2 aromatic carbocycles. The van der Waals surface area contributed by atoms with Gasteiger partial charge in [0, 0.05) is 11.1 Å². The molecule has 0 unspecified atom stereocenters. The third-order valence-electron chi connectivity index (χ3n) is 3.62. The summed E-state index contributed by atoms with van der Waals surface area (Å²) < 4.78 is 13.1. The van der Waals surface area contributed by atoms with Crippen LogP contribution in [0.4, 0.5) is 10.1 Å². The van der Waals surface area contributed by atoms with Crippen molar-refractivity contribution < 1.29 is 19.1 Å². The normalized spacial score (nSPS) is 10.5. The molecule has 3 N–H and O–H groups in total. The molecule has 3 aromatic rings. The minimum absolute atomic E-state index is 0.0330. The Morgan fingerprint density at radius 1 is 1.16 bits per heavy atom. The van der Waals surface area contributed by atoms with Gasteiger partial charge in [0.15, 0.2) is 5.69 Å². The maximum absolute atomic E-state index is 13.1. The number of aryl methyl sites for hydroxylation is 1. The van der Waals surface area contributed by atoms with Gasteiger partial charge in [-0.1, -0.05) is 17.7 Å². The quantitative estimate of drug-likeness (QED) is 0.678. The molecule has 1 amide bonds. The number of carbonyl (C=O) groups is 2. The molecule has 0 saturated carbocycles. The minimum Gasteiger partial charge on any atom is -0.476 e. The van der Waals surface area contributed by atoms with Gasteiger partial charge in [0.05, 0.1) is 0 Å². The molecule has 0 aliphatic heterocycles. The molecule has 1 aromatic heterocycles. The minimum atomic E-state index is -1.26. The molecule has 0 radical (unpaired) electrons. The summed E-state index contributed by atoms with van der Waals surface area (Å²) in [6.07, 6.45) is 0. The monoisotopic (exact) mass is 339 g/mol. The summed E-state index contributed by atoms with van der Waals surface area (Å²) in [6.45, 7) is 1.85. The van der Waals surface area contributed by atoms with Gasteiger partial charge in [-0.3, -0.25) is 9.89 Å². The molecule has 3 rings (SSSR count). The molecule has 0 aliphatic rings. The average molecular weight is 339 g/mol. The number of aromatic amines is 1. The summed E-state index contributed by atoms with van der Waals surface area (Å²) in [5.41, 5.74) is 1.77. The summed E-state index contributed by atoms with van der Waals surface area (Å²) >= 11 is 0. The van der Waals surface area contributed by atoms with E-state index in [9.17, 15) is 19.1 Å². The third-order valence-corrected chi connectivity index (χ3v) is 3.62. The van der Waals surface area contributed by atoms with Crippen LogP contribution in [0.25, 0.3) is 11.3 Å². The van der Waals surface area contributed by atoms with Crippen LogP contribution in [0.1, 0.15) is 26.4 Å². The Kier molecular flexibility index (Phi) is 4.30. The Bertz CT molecular complexity index is 948. The van der Waals surface area contributed by atoms with E-state index in [0.29, 0.717) is 11.1 Å². The number of nitrogens with one attached hydrogen (secondary N) is 2. The van der Waals surface area contributed by atoms with E-state index < -0.39 is 17.7 Å². The van der Waals surface area contributed by atoms with Gasteiger partial charge in [0.25, 0.3) is 5.91 Å². The fraction of sp³-hybridized carbons (Fsp3) is 0.0556. The Morgan fingerprint density at radius 2 is 1.88 bits per heavy atom. The fourth-order valence-corrected chi connectivity index (χ4v) is 2.41. The zero-order chi connectivity index (χ0) is 18.0. The molecule has 0 spiro atoms. The van der Waals surface area contributed by atoms with Crippen molar-refractivity contribution in [3.05, 3.63) is 71.2 Å². The predicted octanol–water partition coefficient (Wildman–Crippen LogP) is 3.47. The zero-order valence-corrected chi connectivity index (χ0v) is 13.2. The number of carboxylic acid groups (broad SMARTS) is 1. The first kappa shape index (κ1) is 16.4. The summed E-state index contributed by atoms with van der Waals surface area (Å²) in [5, 5.41) is 18.3. The van der Waals surface area contributed by atoms with Gasteiger partial charge in [-0.15, -0.1) is 0 Å². The van der Waals surface area contributed by atoms with Crippen LogP contribution in [0.2, 0.25) is 0 Å². The van der Waals surface area contributed by atoms with Crippen LogP contribution in [0, 0.1) is 12.7 Å². The number of benzene rings is 2. The van der Waals surface area contributed by atoms with Crippen LogP contribution < -0.4 is 5.32 Å². The Morgan fingerprint density at radius 3 is 2.52 bits per heavy atom. The Labute approximate surface area is 142 Å². The van der Waals surface area contributed by atoms with Gasteiger partial charge in [-0.25, -0.2) is 9.18 Å². The van der Waals surface area contributed by atoms with Gasteiger partial charge < -0.3 is 10.4 Å².